The van der Waals surface area contributed by atoms with Crippen molar-refractivity contribution in [2.24, 2.45) is 0 Å². The van der Waals surface area contributed by atoms with Gasteiger partial charge in [-0.05, 0) is 6.07 Å². The lowest BCUT2D eigenvalue weighted by Crippen LogP contribution is -2.31. The van der Waals surface area contributed by atoms with Crippen LogP contribution in [0.4, 0.5) is 0 Å². The van der Waals surface area contributed by atoms with Crippen LogP contribution in [0.2, 0.25) is 0 Å². The molecule has 1 amide bonds. The fourth-order valence-corrected chi connectivity index (χ4v) is 1.28. The number of carboxylic acids is 1. The molecule has 0 bridgehead atoms. The molecular formula is C11H15N3O5. The molecule has 0 radical (unpaired) electrons. The summed E-state index contributed by atoms with van der Waals surface area (Å²) < 4.78 is 5.95. The molecule has 1 rings (SSSR count). The van der Waals surface area contributed by atoms with E-state index in [1.54, 1.807) is 0 Å². The molecule has 0 atom stereocenters. The van der Waals surface area contributed by atoms with Gasteiger partial charge in [-0.1, -0.05) is 0 Å². The lowest BCUT2D eigenvalue weighted by Gasteiger charge is -2.06. The molecule has 0 fully saturated rings. The number of methoxy groups -OCH3 is 1. The van der Waals surface area contributed by atoms with Crippen molar-refractivity contribution in [1.82, 2.24) is 15.1 Å². The van der Waals surface area contributed by atoms with Gasteiger partial charge in [0.2, 0.25) is 0 Å². The first-order chi connectivity index (χ1) is 9.04. The van der Waals surface area contributed by atoms with Crippen LogP contribution in [0.25, 0.3) is 0 Å². The number of carbonyl (C=O) groups is 2. The van der Waals surface area contributed by atoms with Crippen LogP contribution in [0.15, 0.2) is 16.9 Å². The van der Waals surface area contributed by atoms with Crippen molar-refractivity contribution in [2.75, 3.05) is 20.3 Å². The third-order valence-corrected chi connectivity index (χ3v) is 2.23. The molecule has 1 heterocycles. The van der Waals surface area contributed by atoms with E-state index in [4.69, 9.17) is 9.84 Å². The first-order valence-corrected chi connectivity index (χ1v) is 5.61. The predicted octanol–water partition coefficient (Wildman–Crippen LogP) is -0.906. The lowest BCUT2D eigenvalue weighted by molar-refractivity contribution is -0.136. The highest BCUT2D eigenvalue weighted by atomic mass is 16.5. The molecule has 0 saturated heterocycles. The van der Waals surface area contributed by atoms with Gasteiger partial charge in [-0.2, -0.15) is 5.10 Å². The van der Waals surface area contributed by atoms with Crippen molar-refractivity contribution in [3.05, 3.63) is 28.2 Å². The largest absolute Gasteiger partial charge is 0.481 e. The lowest BCUT2D eigenvalue weighted by atomic mass is 10.3. The fourth-order valence-electron chi connectivity index (χ4n) is 1.28. The smallest absolute Gasteiger partial charge is 0.305 e. The maximum Gasteiger partial charge on any atom is 0.305 e. The topological polar surface area (TPSA) is 111 Å². The molecule has 0 aliphatic heterocycles. The Morgan fingerprint density at radius 3 is 2.84 bits per heavy atom. The van der Waals surface area contributed by atoms with Crippen LogP contribution < -0.4 is 10.9 Å². The molecule has 0 aromatic carbocycles. The van der Waals surface area contributed by atoms with Crippen LogP contribution in [-0.4, -0.2) is 47.0 Å². The first kappa shape index (κ1) is 14.8. The van der Waals surface area contributed by atoms with Gasteiger partial charge in [0.15, 0.2) is 0 Å². The van der Waals surface area contributed by atoms with E-state index in [0.717, 1.165) is 4.68 Å². The van der Waals surface area contributed by atoms with E-state index in [2.05, 4.69) is 10.4 Å². The molecule has 104 valence electrons. The van der Waals surface area contributed by atoms with Gasteiger partial charge in [-0.25, -0.2) is 4.68 Å². The Labute approximate surface area is 109 Å². The van der Waals surface area contributed by atoms with E-state index in [0.29, 0.717) is 6.61 Å². The third-order valence-electron chi connectivity index (χ3n) is 2.23. The number of carbonyl (C=O) groups excluding carboxylic acids is 1. The molecule has 0 aliphatic carbocycles. The zero-order valence-electron chi connectivity index (χ0n) is 10.5. The number of ether oxygens (including phenoxy) is 1. The Bertz CT molecular complexity index is 511. The molecule has 19 heavy (non-hydrogen) atoms. The number of carboxylic acid groups (broad SMARTS) is 1. The Balaban J connectivity index is 2.69. The Morgan fingerprint density at radius 2 is 2.21 bits per heavy atom. The minimum Gasteiger partial charge on any atom is -0.481 e. The van der Waals surface area contributed by atoms with Crippen molar-refractivity contribution in [1.29, 1.82) is 0 Å². The molecule has 8 nitrogen and oxygen atoms in total. The Morgan fingerprint density at radius 1 is 1.47 bits per heavy atom. The van der Waals surface area contributed by atoms with Gasteiger partial charge in [0.05, 0.1) is 19.6 Å². The molecular weight excluding hydrogens is 254 g/mol. The highest BCUT2D eigenvalue weighted by Crippen LogP contribution is 1.91. The molecule has 1 aromatic heterocycles. The average Bonchev–Trinajstić information content (AvgIpc) is 2.37. The van der Waals surface area contributed by atoms with Crippen LogP contribution in [-0.2, 0) is 16.1 Å². The van der Waals surface area contributed by atoms with Crippen molar-refractivity contribution in [3.8, 4) is 0 Å². The van der Waals surface area contributed by atoms with Crippen LogP contribution in [0.1, 0.15) is 16.9 Å². The summed E-state index contributed by atoms with van der Waals surface area (Å²) in [6.45, 7) is 0.551. The van der Waals surface area contributed by atoms with E-state index in [1.807, 2.05) is 0 Å². The van der Waals surface area contributed by atoms with Crippen molar-refractivity contribution in [3.63, 3.8) is 0 Å². The maximum absolute atomic E-state index is 11.7. The molecule has 0 spiro atoms. The number of rotatable bonds is 7. The van der Waals surface area contributed by atoms with Crippen LogP contribution in [0.5, 0.6) is 0 Å². The second kappa shape index (κ2) is 7.27. The molecule has 2 N–H and O–H groups in total. The monoisotopic (exact) mass is 269 g/mol. The van der Waals surface area contributed by atoms with Gasteiger partial charge in [0, 0.05) is 19.7 Å². The Hall–Kier alpha value is -2.22. The molecule has 0 aliphatic rings. The number of nitrogens with zero attached hydrogens (tertiary/aromatic N) is 2. The normalized spacial score (nSPS) is 10.2. The van der Waals surface area contributed by atoms with E-state index in [1.165, 1.54) is 19.2 Å². The Kier molecular flexibility index (Phi) is 5.68. The van der Waals surface area contributed by atoms with Gasteiger partial charge >= 0.3 is 5.97 Å². The summed E-state index contributed by atoms with van der Waals surface area (Å²) in [6, 6.07) is 2.52. The summed E-state index contributed by atoms with van der Waals surface area (Å²) in [5.74, 6) is -1.52. The second-order valence-corrected chi connectivity index (χ2v) is 3.67. The van der Waals surface area contributed by atoms with Gasteiger partial charge < -0.3 is 15.2 Å². The van der Waals surface area contributed by atoms with Crippen molar-refractivity contribution >= 4 is 11.9 Å². The summed E-state index contributed by atoms with van der Waals surface area (Å²) in [5, 5.41) is 14.7. The van der Waals surface area contributed by atoms with Gasteiger partial charge in [-0.3, -0.25) is 14.4 Å². The SMILES string of the molecule is COCCn1nc(C(=O)NCCC(=O)O)ccc1=O. The molecule has 0 unspecified atom stereocenters. The number of hydrogen-bond acceptors (Lipinski definition) is 5. The number of aromatic nitrogens is 2. The predicted molar refractivity (Wildman–Crippen MR) is 65.0 cm³/mol. The van der Waals surface area contributed by atoms with Gasteiger partial charge in [0.25, 0.3) is 11.5 Å². The third kappa shape index (κ3) is 4.88. The summed E-state index contributed by atoms with van der Waals surface area (Å²) in [5.41, 5.74) is -0.278. The highest BCUT2D eigenvalue weighted by molar-refractivity contribution is 5.92. The number of nitrogens with one attached hydrogen (secondary N) is 1. The summed E-state index contributed by atoms with van der Waals surface area (Å²) >= 11 is 0. The highest BCUT2D eigenvalue weighted by Gasteiger charge is 2.09. The number of amides is 1. The molecule has 8 heteroatoms. The van der Waals surface area contributed by atoms with Gasteiger partial charge in [-0.15, -0.1) is 0 Å². The van der Waals surface area contributed by atoms with E-state index in [-0.39, 0.29) is 30.8 Å². The van der Waals surface area contributed by atoms with E-state index < -0.39 is 11.9 Å². The number of hydrogen-bond donors (Lipinski definition) is 2. The zero-order chi connectivity index (χ0) is 14.3. The van der Waals surface area contributed by atoms with Gasteiger partial charge in [0.1, 0.15) is 5.69 Å². The minimum atomic E-state index is -1.00. The summed E-state index contributed by atoms with van der Waals surface area (Å²) in [4.78, 5) is 33.4. The quantitative estimate of drug-likeness (QED) is 0.663. The first-order valence-electron chi connectivity index (χ1n) is 5.61. The summed E-state index contributed by atoms with van der Waals surface area (Å²) in [7, 11) is 1.49. The fraction of sp³-hybridized carbons (Fsp3) is 0.455. The minimum absolute atomic E-state index is 0.00699. The molecule has 1 aromatic rings. The zero-order valence-corrected chi connectivity index (χ0v) is 10.5. The maximum atomic E-state index is 11.7. The van der Waals surface area contributed by atoms with Crippen LogP contribution in [0.3, 0.4) is 0 Å². The van der Waals surface area contributed by atoms with Crippen LogP contribution in [0, 0.1) is 0 Å². The summed E-state index contributed by atoms with van der Waals surface area (Å²) in [6.07, 6.45) is -0.172. The van der Waals surface area contributed by atoms with Crippen LogP contribution >= 0.6 is 0 Å². The second-order valence-electron chi connectivity index (χ2n) is 3.67. The average molecular weight is 269 g/mol. The van der Waals surface area contributed by atoms with E-state index in [9.17, 15) is 14.4 Å². The number of aliphatic carboxylic acids is 1. The van der Waals surface area contributed by atoms with Crippen molar-refractivity contribution in [2.45, 2.75) is 13.0 Å². The standard InChI is InChI=1S/C11H15N3O5/c1-19-7-6-14-9(15)3-2-8(13-14)11(18)12-5-4-10(16)17/h2-3H,4-7H2,1H3,(H,12,18)(H,16,17). The van der Waals surface area contributed by atoms with Crippen molar-refractivity contribution < 1.29 is 19.4 Å². The van der Waals surface area contributed by atoms with E-state index >= 15 is 0 Å². The molecule has 0 saturated carbocycles.